The third-order valence-electron chi connectivity index (χ3n) is 7.20. The van der Waals surface area contributed by atoms with Gasteiger partial charge >= 0.3 is 5.69 Å². The molecule has 0 radical (unpaired) electrons. The largest absolute Gasteiger partial charge is 0.396 e. The summed E-state index contributed by atoms with van der Waals surface area (Å²) in [6, 6.07) is 5.56. The van der Waals surface area contributed by atoms with Crippen LogP contribution in [0.3, 0.4) is 0 Å². The molecule has 1 atom stereocenters. The first kappa shape index (κ1) is 28.0. The lowest BCUT2D eigenvalue weighted by molar-refractivity contribution is -0.126. The molecule has 1 aliphatic rings. The molecule has 0 aliphatic carbocycles. The Kier molecular flexibility index (Phi) is 6.89. The number of aryl methyl sites for hydroxylation is 2. The van der Waals surface area contributed by atoms with Crippen LogP contribution in [0.1, 0.15) is 12.5 Å². The molecule has 12 nitrogen and oxygen atoms in total. The highest BCUT2D eigenvalue weighted by atomic mass is 32.2. The predicted octanol–water partition coefficient (Wildman–Crippen LogP) is 1.84. The van der Waals surface area contributed by atoms with E-state index in [0.717, 1.165) is 10.8 Å². The first-order chi connectivity index (χ1) is 19.3. The standard InChI is InChI=1S/C27H29FN8O4S/c1-6-21(37)34-10-11-35(16(3)14-34)25-17-12-18(28)22(24-19(29)13-30-33(24)4)31-26(17)36(27(38)32-25)23-15(2)8-7-9-20(23)41(5,39)40/h6-9,12-13,16H,1,10-11,14,29H2,2-5H3/t16-/m0/s1. The molecule has 2 N–H and O–H groups in total. The second-order valence-corrected chi connectivity index (χ2v) is 12.0. The number of pyridine rings is 1. The monoisotopic (exact) mass is 580 g/mol. The van der Waals surface area contributed by atoms with E-state index in [4.69, 9.17) is 5.73 Å². The van der Waals surface area contributed by atoms with Crippen LogP contribution in [0.15, 0.2) is 52.8 Å². The van der Waals surface area contributed by atoms with Crippen molar-refractivity contribution in [1.82, 2.24) is 29.2 Å². The maximum atomic E-state index is 15.8. The number of carbonyl (C=O) groups excluding carboxylic acids is 1. The van der Waals surface area contributed by atoms with E-state index >= 15 is 4.39 Å². The molecule has 214 valence electrons. The molecule has 4 aromatic rings. The molecule has 1 aromatic carbocycles. The Morgan fingerprint density at radius 1 is 1.24 bits per heavy atom. The summed E-state index contributed by atoms with van der Waals surface area (Å²) in [4.78, 5) is 38.3. The summed E-state index contributed by atoms with van der Waals surface area (Å²) >= 11 is 0. The number of nitrogen functional groups attached to an aromatic ring is 1. The molecule has 14 heteroatoms. The summed E-state index contributed by atoms with van der Waals surface area (Å²) in [6.07, 6.45) is 3.64. The minimum absolute atomic E-state index is 0.00648. The average Bonchev–Trinajstić information content (AvgIpc) is 3.25. The SMILES string of the molecule is C=CC(=O)N1CCN(c2nc(=O)n(-c3c(C)cccc3S(C)(=O)=O)c3nc(-c4c(N)cnn4C)c(F)cc23)[C@@H](C)C1. The first-order valence-electron chi connectivity index (χ1n) is 12.7. The fourth-order valence-electron chi connectivity index (χ4n) is 5.26. The number of anilines is 2. The molecular formula is C27H29FN8O4S. The van der Waals surface area contributed by atoms with E-state index in [2.05, 4.69) is 21.6 Å². The molecule has 5 rings (SSSR count). The summed E-state index contributed by atoms with van der Waals surface area (Å²) in [5.41, 5.74) is 6.03. The molecule has 3 aromatic heterocycles. The topological polar surface area (TPSA) is 149 Å². The van der Waals surface area contributed by atoms with Gasteiger partial charge in [-0.1, -0.05) is 18.7 Å². The zero-order valence-corrected chi connectivity index (χ0v) is 23.8. The van der Waals surface area contributed by atoms with Crippen molar-refractivity contribution in [3.63, 3.8) is 0 Å². The van der Waals surface area contributed by atoms with Crippen molar-refractivity contribution in [2.75, 3.05) is 36.5 Å². The summed E-state index contributed by atoms with van der Waals surface area (Å²) in [6.45, 7) is 8.03. The van der Waals surface area contributed by atoms with E-state index in [9.17, 15) is 18.0 Å². The van der Waals surface area contributed by atoms with Crippen molar-refractivity contribution in [3.8, 4) is 17.1 Å². The third kappa shape index (κ3) is 4.73. The van der Waals surface area contributed by atoms with Gasteiger partial charge in [-0.3, -0.25) is 9.48 Å². The molecule has 1 aliphatic heterocycles. The lowest BCUT2D eigenvalue weighted by atomic mass is 10.1. The number of rotatable bonds is 5. The molecule has 1 amide bonds. The maximum Gasteiger partial charge on any atom is 0.355 e. The van der Waals surface area contributed by atoms with Crippen LogP contribution in [-0.2, 0) is 21.7 Å². The van der Waals surface area contributed by atoms with E-state index < -0.39 is 21.3 Å². The van der Waals surface area contributed by atoms with Gasteiger partial charge in [-0.25, -0.2) is 27.2 Å². The van der Waals surface area contributed by atoms with Gasteiger partial charge in [0.25, 0.3) is 0 Å². The van der Waals surface area contributed by atoms with Crippen LogP contribution < -0.4 is 16.3 Å². The number of fused-ring (bicyclic) bond motifs is 1. The smallest absolute Gasteiger partial charge is 0.355 e. The van der Waals surface area contributed by atoms with Crippen molar-refractivity contribution < 1.29 is 17.6 Å². The van der Waals surface area contributed by atoms with Gasteiger partial charge in [-0.05, 0) is 37.6 Å². The number of aromatic nitrogens is 5. The van der Waals surface area contributed by atoms with Gasteiger partial charge in [0.15, 0.2) is 21.3 Å². The Bertz CT molecular complexity index is 1880. The zero-order chi connectivity index (χ0) is 29.8. The van der Waals surface area contributed by atoms with Crippen molar-refractivity contribution in [1.29, 1.82) is 0 Å². The number of nitrogens with two attached hydrogens (primary N) is 1. The predicted molar refractivity (Wildman–Crippen MR) is 153 cm³/mol. The van der Waals surface area contributed by atoms with Gasteiger partial charge in [0.2, 0.25) is 5.91 Å². The minimum Gasteiger partial charge on any atom is -0.396 e. The fourth-order valence-corrected chi connectivity index (χ4v) is 6.19. The van der Waals surface area contributed by atoms with Gasteiger partial charge in [-0.15, -0.1) is 0 Å². The number of hydrogen-bond donors (Lipinski definition) is 1. The van der Waals surface area contributed by atoms with Gasteiger partial charge in [0, 0.05) is 39.0 Å². The molecule has 1 saturated heterocycles. The highest BCUT2D eigenvalue weighted by Gasteiger charge is 2.31. The minimum atomic E-state index is -3.80. The highest BCUT2D eigenvalue weighted by Crippen LogP contribution is 2.34. The van der Waals surface area contributed by atoms with Crippen LogP contribution >= 0.6 is 0 Å². The molecule has 0 spiro atoms. The number of nitrogens with zero attached hydrogens (tertiary/aromatic N) is 7. The van der Waals surface area contributed by atoms with E-state index in [0.29, 0.717) is 25.2 Å². The Morgan fingerprint density at radius 3 is 2.59 bits per heavy atom. The Labute approximate surface area is 235 Å². The number of halogens is 1. The summed E-state index contributed by atoms with van der Waals surface area (Å²) in [5, 5.41) is 4.26. The molecule has 0 bridgehead atoms. The normalized spacial score (nSPS) is 15.9. The van der Waals surface area contributed by atoms with Gasteiger partial charge in [0.05, 0.1) is 27.9 Å². The van der Waals surface area contributed by atoms with E-state index in [1.54, 1.807) is 31.0 Å². The number of benzene rings is 1. The van der Waals surface area contributed by atoms with Crippen molar-refractivity contribution in [2.24, 2.45) is 7.05 Å². The van der Waals surface area contributed by atoms with Crippen LogP contribution in [0.4, 0.5) is 15.9 Å². The lowest BCUT2D eigenvalue weighted by Gasteiger charge is -2.40. The summed E-state index contributed by atoms with van der Waals surface area (Å²) in [5.74, 6) is -0.782. The van der Waals surface area contributed by atoms with E-state index in [-0.39, 0.29) is 56.5 Å². The number of hydrogen-bond acceptors (Lipinski definition) is 9. The van der Waals surface area contributed by atoms with Crippen molar-refractivity contribution in [3.05, 3.63) is 65.0 Å². The van der Waals surface area contributed by atoms with E-state index in [1.165, 1.54) is 29.1 Å². The van der Waals surface area contributed by atoms with Crippen LogP contribution in [0.5, 0.6) is 0 Å². The summed E-state index contributed by atoms with van der Waals surface area (Å²) < 4.78 is 43.9. The number of amides is 1. The summed E-state index contributed by atoms with van der Waals surface area (Å²) in [7, 11) is -2.22. The third-order valence-corrected chi connectivity index (χ3v) is 8.33. The fraction of sp³-hybridized carbons (Fsp3) is 0.296. The lowest BCUT2D eigenvalue weighted by Crippen LogP contribution is -2.54. The Morgan fingerprint density at radius 2 is 1.98 bits per heavy atom. The molecule has 0 saturated carbocycles. The van der Waals surface area contributed by atoms with Crippen LogP contribution in [0.25, 0.3) is 28.1 Å². The quantitative estimate of drug-likeness (QED) is 0.349. The Hall–Kier alpha value is -4.59. The number of sulfone groups is 1. The molecular weight excluding hydrogens is 551 g/mol. The van der Waals surface area contributed by atoms with Gasteiger partial charge < -0.3 is 15.5 Å². The number of para-hydroxylation sites is 1. The zero-order valence-electron chi connectivity index (χ0n) is 23.0. The second kappa shape index (κ2) is 10.1. The van der Waals surface area contributed by atoms with Crippen LogP contribution in [-0.4, -0.2) is 75.5 Å². The molecule has 1 fully saturated rings. The maximum absolute atomic E-state index is 15.8. The van der Waals surface area contributed by atoms with Crippen molar-refractivity contribution in [2.45, 2.75) is 24.8 Å². The van der Waals surface area contributed by atoms with Crippen molar-refractivity contribution >= 4 is 38.3 Å². The van der Waals surface area contributed by atoms with Gasteiger partial charge in [0.1, 0.15) is 17.2 Å². The van der Waals surface area contributed by atoms with Crippen LogP contribution in [0, 0.1) is 12.7 Å². The molecule has 4 heterocycles. The molecule has 41 heavy (non-hydrogen) atoms. The molecule has 0 unspecified atom stereocenters. The number of piperazine rings is 1. The average molecular weight is 581 g/mol. The second-order valence-electron chi connectivity index (χ2n) is 10.0. The first-order valence-corrected chi connectivity index (χ1v) is 14.6. The van der Waals surface area contributed by atoms with E-state index in [1.807, 2.05) is 11.8 Å². The van der Waals surface area contributed by atoms with Crippen LogP contribution in [0.2, 0.25) is 0 Å². The highest BCUT2D eigenvalue weighted by molar-refractivity contribution is 7.90. The van der Waals surface area contributed by atoms with Gasteiger partial charge in [-0.2, -0.15) is 10.1 Å². The number of carbonyl (C=O) groups is 1. The Balaban J connectivity index is 1.85.